The van der Waals surface area contributed by atoms with Crippen LogP contribution in [0.1, 0.15) is 50.3 Å². The Kier molecular flexibility index (Phi) is 6.19. The first kappa shape index (κ1) is 20.2. The van der Waals surface area contributed by atoms with Crippen LogP contribution in [0.15, 0.2) is 30.5 Å². The molecule has 2 heteroatoms. The fraction of sp³-hybridized carbons (Fsp3) is 0.522. The van der Waals surface area contributed by atoms with E-state index >= 15 is 0 Å². The Morgan fingerprint density at radius 3 is 2.12 bits per heavy atom. The summed E-state index contributed by atoms with van der Waals surface area (Å²) >= 11 is -1.93. The Hall–Kier alpha value is -1.09. The molecule has 1 heterocycles. The molecule has 0 fully saturated rings. The van der Waals surface area contributed by atoms with Gasteiger partial charge in [-0.1, -0.05) is 0 Å². The fourth-order valence-corrected chi connectivity index (χ4v) is 7.41. The molecular formula is C23H36GeN+. The summed E-state index contributed by atoms with van der Waals surface area (Å²) in [7, 11) is 2.20. The van der Waals surface area contributed by atoms with Crippen molar-refractivity contribution >= 4 is 17.7 Å². The Morgan fingerprint density at radius 2 is 1.64 bits per heavy atom. The van der Waals surface area contributed by atoms with Crippen LogP contribution in [0.3, 0.4) is 0 Å². The first-order valence-corrected chi connectivity index (χ1v) is 17.0. The Labute approximate surface area is 157 Å². The molecule has 0 aliphatic rings. The van der Waals surface area contributed by atoms with E-state index in [1.54, 1.807) is 4.40 Å². The molecule has 0 saturated carbocycles. The summed E-state index contributed by atoms with van der Waals surface area (Å²) in [5.41, 5.74) is 7.10. The van der Waals surface area contributed by atoms with E-state index < -0.39 is 13.3 Å². The molecule has 136 valence electrons. The van der Waals surface area contributed by atoms with Crippen LogP contribution in [0.25, 0.3) is 11.3 Å². The summed E-state index contributed by atoms with van der Waals surface area (Å²) in [5.74, 6) is 8.79. The van der Waals surface area contributed by atoms with Crippen molar-refractivity contribution in [3.05, 3.63) is 47.2 Å². The molecule has 25 heavy (non-hydrogen) atoms. The standard InChI is InChI=1S/C23H36GeN/c1-16(2)12-19-10-11-20(18(5)13-19)23-14-22(24(6,7)8)21(17(3)4)15-25(23)9/h10-11,13-17H,12H2,1-9H3/q+1. The molecule has 0 atom stereocenters. The molecule has 2 rings (SSSR count). The number of hydrogen-bond acceptors (Lipinski definition) is 0. The summed E-state index contributed by atoms with van der Waals surface area (Å²) in [4.78, 5) is 0. The second-order valence-electron chi connectivity index (χ2n) is 9.29. The molecule has 0 aliphatic heterocycles. The second-order valence-corrected chi connectivity index (χ2v) is 19.9. The van der Waals surface area contributed by atoms with Crippen molar-refractivity contribution in [2.45, 2.75) is 64.2 Å². The van der Waals surface area contributed by atoms with Crippen molar-refractivity contribution < 1.29 is 4.57 Å². The number of aromatic nitrogens is 1. The van der Waals surface area contributed by atoms with Gasteiger partial charge in [-0.05, 0) is 0 Å². The minimum atomic E-state index is -1.93. The third-order valence-corrected chi connectivity index (χ3v) is 9.24. The van der Waals surface area contributed by atoms with Crippen molar-refractivity contribution in [3.8, 4) is 11.3 Å². The molecule has 0 saturated heterocycles. The summed E-state index contributed by atoms with van der Waals surface area (Å²) in [6.45, 7) is 11.5. The SMILES string of the molecule is Cc1cc(CC(C)C)ccc1-c1c[c]([Ge]([CH3])([CH3])[CH3])c(C(C)C)c[n+]1C. The van der Waals surface area contributed by atoms with Crippen LogP contribution in [-0.4, -0.2) is 13.3 Å². The van der Waals surface area contributed by atoms with Crippen LogP contribution in [0.4, 0.5) is 0 Å². The van der Waals surface area contributed by atoms with E-state index in [9.17, 15) is 0 Å². The Morgan fingerprint density at radius 1 is 1.00 bits per heavy atom. The zero-order chi connectivity index (χ0) is 18.9. The predicted molar refractivity (Wildman–Crippen MR) is 113 cm³/mol. The van der Waals surface area contributed by atoms with Crippen LogP contribution in [0.5, 0.6) is 0 Å². The van der Waals surface area contributed by atoms with Gasteiger partial charge in [-0.25, -0.2) is 0 Å². The molecule has 1 nitrogen and oxygen atoms in total. The summed E-state index contributed by atoms with van der Waals surface area (Å²) in [6, 6.07) is 9.53. The van der Waals surface area contributed by atoms with Gasteiger partial charge in [0.2, 0.25) is 0 Å². The van der Waals surface area contributed by atoms with Crippen molar-refractivity contribution in [2.75, 3.05) is 0 Å². The average molecular weight is 399 g/mol. The maximum atomic E-state index is 2.50. The average Bonchev–Trinajstić information content (AvgIpc) is 2.45. The molecule has 0 radical (unpaired) electrons. The fourth-order valence-electron chi connectivity index (χ4n) is 3.66. The van der Waals surface area contributed by atoms with Crippen molar-refractivity contribution in [3.63, 3.8) is 0 Å². The Bertz CT molecular complexity index is 751. The summed E-state index contributed by atoms with van der Waals surface area (Å²) in [6.07, 6.45) is 3.54. The van der Waals surface area contributed by atoms with Crippen molar-refractivity contribution in [1.29, 1.82) is 0 Å². The van der Waals surface area contributed by atoms with Crippen LogP contribution >= 0.6 is 0 Å². The van der Waals surface area contributed by atoms with Gasteiger partial charge in [0.05, 0.1) is 0 Å². The number of rotatable bonds is 5. The van der Waals surface area contributed by atoms with Gasteiger partial charge in [0, 0.05) is 0 Å². The van der Waals surface area contributed by atoms with E-state index in [0.29, 0.717) is 11.8 Å². The first-order valence-electron chi connectivity index (χ1n) is 9.64. The van der Waals surface area contributed by atoms with E-state index in [-0.39, 0.29) is 0 Å². The van der Waals surface area contributed by atoms with Crippen LogP contribution in [0, 0.1) is 12.8 Å². The maximum absolute atomic E-state index is 2.50. The normalized spacial score (nSPS) is 12.3. The Balaban J connectivity index is 2.60. The monoisotopic (exact) mass is 400 g/mol. The third-order valence-electron chi connectivity index (χ3n) is 4.95. The van der Waals surface area contributed by atoms with Crippen LogP contribution in [0.2, 0.25) is 17.3 Å². The first-order chi connectivity index (χ1) is 11.5. The number of benzene rings is 1. The van der Waals surface area contributed by atoms with Gasteiger partial charge < -0.3 is 0 Å². The molecule has 0 bridgehead atoms. The molecule has 1 aromatic carbocycles. The quantitative estimate of drug-likeness (QED) is 0.471. The van der Waals surface area contributed by atoms with Gasteiger partial charge in [0.1, 0.15) is 0 Å². The van der Waals surface area contributed by atoms with E-state index in [2.05, 4.69) is 94.0 Å². The molecule has 2 aromatic rings. The van der Waals surface area contributed by atoms with Gasteiger partial charge in [-0.15, -0.1) is 0 Å². The number of nitrogens with zero attached hydrogens (tertiary/aromatic N) is 1. The van der Waals surface area contributed by atoms with Crippen LogP contribution < -0.4 is 8.96 Å². The third kappa shape index (κ3) is 4.75. The van der Waals surface area contributed by atoms with Gasteiger partial charge in [0.25, 0.3) is 0 Å². The van der Waals surface area contributed by atoms with Gasteiger partial charge in [0.15, 0.2) is 0 Å². The van der Waals surface area contributed by atoms with Crippen molar-refractivity contribution in [2.24, 2.45) is 13.0 Å². The predicted octanol–water partition coefficient (Wildman–Crippen LogP) is 5.35. The molecule has 0 unspecified atom stereocenters. The zero-order valence-corrected chi connectivity index (χ0v) is 19.8. The van der Waals surface area contributed by atoms with Crippen molar-refractivity contribution in [1.82, 2.24) is 0 Å². The second kappa shape index (κ2) is 7.65. The number of aryl methyl sites for hydroxylation is 2. The molecule has 0 spiro atoms. The summed E-state index contributed by atoms with van der Waals surface area (Å²) in [5, 5.41) is 0. The van der Waals surface area contributed by atoms with Crippen LogP contribution in [-0.2, 0) is 13.5 Å². The van der Waals surface area contributed by atoms with Gasteiger partial charge in [-0.2, -0.15) is 0 Å². The molecule has 0 aliphatic carbocycles. The molecule has 1 aromatic heterocycles. The zero-order valence-electron chi connectivity index (χ0n) is 17.7. The topological polar surface area (TPSA) is 3.88 Å². The van der Waals surface area contributed by atoms with E-state index in [1.807, 2.05) is 0 Å². The molecule has 0 amide bonds. The molecule has 0 N–H and O–H groups in total. The van der Waals surface area contributed by atoms with E-state index in [1.165, 1.54) is 27.9 Å². The van der Waals surface area contributed by atoms with Gasteiger partial charge >= 0.3 is 158 Å². The van der Waals surface area contributed by atoms with E-state index in [0.717, 1.165) is 6.42 Å². The summed E-state index contributed by atoms with van der Waals surface area (Å²) < 4.78 is 3.98. The minimum absolute atomic E-state index is 0.578. The van der Waals surface area contributed by atoms with Gasteiger partial charge in [-0.3, -0.25) is 0 Å². The molecular weight excluding hydrogens is 363 g/mol. The van der Waals surface area contributed by atoms with E-state index in [4.69, 9.17) is 0 Å². The number of hydrogen-bond donors (Lipinski definition) is 0. The number of pyridine rings is 1.